The van der Waals surface area contributed by atoms with Gasteiger partial charge < -0.3 is 9.47 Å². The number of esters is 1. The summed E-state index contributed by atoms with van der Waals surface area (Å²) in [7, 11) is 2.96. The van der Waals surface area contributed by atoms with Crippen LogP contribution in [0.2, 0.25) is 0 Å². The SMILES string of the molecule is COC(=O)CC(c1ccc(F)cc1)c1ccc(OC)cc1. The van der Waals surface area contributed by atoms with Crippen molar-refractivity contribution in [3.63, 3.8) is 0 Å². The zero-order valence-electron chi connectivity index (χ0n) is 12.0. The van der Waals surface area contributed by atoms with Gasteiger partial charge in [0.05, 0.1) is 20.6 Å². The molecule has 0 heterocycles. The summed E-state index contributed by atoms with van der Waals surface area (Å²) >= 11 is 0. The zero-order valence-corrected chi connectivity index (χ0v) is 12.0. The smallest absolute Gasteiger partial charge is 0.306 e. The van der Waals surface area contributed by atoms with Gasteiger partial charge in [0.2, 0.25) is 0 Å². The van der Waals surface area contributed by atoms with Gasteiger partial charge in [-0.3, -0.25) is 4.79 Å². The Morgan fingerprint density at radius 2 is 1.52 bits per heavy atom. The minimum absolute atomic E-state index is 0.177. The molecular weight excluding hydrogens is 271 g/mol. The first kappa shape index (κ1) is 15.0. The Morgan fingerprint density at radius 1 is 1.00 bits per heavy atom. The summed E-state index contributed by atoms with van der Waals surface area (Å²) in [6.45, 7) is 0. The highest BCUT2D eigenvalue weighted by atomic mass is 19.1. The minimum Gasteiger partial charge on any atom is -0.497 e. The topological polar surface area (TPSA) is 35.5 Å². The largest absolute Gasteiger partial charge is 0.497 e. The molecule has 0 aliphatic heterocycles. The van der Waals surface area contributed by atoms with Gasteiger partial charge in [0.1, 0.15) is 11.6 Å². The molecule has 2 aromatic carbocycles. The first-order valence-corrected chi connectivity index (χ1v) is 6.60. The lowest BCUT2D eigenvalue weighted by Gasteiger charge is -2.17. The fourth-order valence-corrected chi connectivity index (χ4v) is 2.21. The van der Waals surface area contributed by atoms with Gasteiger partial charge in [-0.15, -0.1) is 0 Å². The normalized spacial score (nSPS) is 11.8. The van der Waals surface area contributed by atoms with Gasteiger partial charge in [0.25, 0.3) is 0 Å². The van der Waals surface area contributed by atoms with Crippen LogP contribution < -0.4 is 4.74 Å². The zero-order chi connectivity index (χ0) is 15.2. The summed E-state index contributed by atoms with van der Waals surface area (Å²) in [6.07, 6.45) is 0.203. The molecule has 0 bridgehead atoms. The number of ether oxygens (including phenoxy) is 2. The van der Waals surface area contributed by atoms with Crippen LogP contribution in [0.1, 0.15) is 23.5 Å². The van der Waals surface area contributed by atoms with E-state index in [1.807, 2.05) is 24.3 Å². The first-order valence-electron chi connectivity index (χ1n) is 6.60. The van der Waals surface area contributed by atoms with Crippen molar-refractivity contribution in [2.24, 2.45) is 0 Å². The Bertz CT molecular complexity index is 590. The number of carbonyl (C=O) groups excluding carboxylic acids is 1. The monoisotopic (exact) mass is 288 g/mol. The highest BCUT2D eigenvalue weighted by Gasteiger charge is 2.19. The summed E-state index contributed by atoms with van der Waals surface area (Å²) in [5.74, 6) is -0.0379. The van der Waals surface area contributed by atoms with Gasteiger partial charge in [0, 0.05) is 5.92 Å². The van der Waals surface area contributed by atoms with Crippen molar-refractivity contribution in [3.05, 3.63) is 65.5 Å². The maximum Gasteiger partial charge on any atom is 0.306 e. The van der Waals surface area contributed by atoms with Gasteiger partial charge in [-0.05, 0) is 35.4 Å². The summed E-state index contributed by atoms with van der Waals surface area (Å²) in [5, 5.41) is 0. The van der Waals surface area contributed by atoms with E-state index in [1.165, 1.54) is 19.2 Å². The lowest BCUT2D eigenvalue weighted by atomic mass is 9.88. The average molecular weight is 288 g/mol. The molecule has 0 N–H and O–H groups in total. The van der Waals surface area contributed by atoms with Crippen LogP contribution in [0, 0.1) is 5.82 Å². The molecule has 0 fully saturated rings. The maximum absolute atomic E-state index is 13.1. The van der Waals surface area contributed by atoms with Crippen molar-refractivity contribution >= 4 is 5.97 Å². The van der Waals surface area contributed by atoms with Crippen molar-refractivity contribution in [1.82, 2.24) is 0 Å². The van der Waals surface area contributed by atoms with Crippen LogP contribution in [0.3, 0.4) is 0 Å². The van der Waals surface area contributed by atoms with E-state index in [0.717, 1.165) is 16.9 Å². The van der Waals surface area contributed by atoms with Crippen molar-refractivity contribution in [3.8, 4) is 5.75 Å². The van der Waals surface area contributed by atoms with Crippen LogP contribution in [-0.4, -0.2) is 20.2 Å². The Kier molecular flexibility index (Phi) is 4.93. The fourth-order valence-electron chi connectivity index (χ4n) is 2.21. The average Bonchev–Trinajstić information content (AvgIpc) is 2.53. The summed E-state index contributed by atoms with van der Waals surface area (Å²) in [5.41, 5.74) is 1.82. The highest BCUT2D eigenvalue weighted by molar-refractivity contribution is 5.71. The fraction of sp³-hybridized carbons (Fsp3) is 0.235. The van der Waals surface area contributed by atoms with E-state index < -0.39 is 0 Å². The van der Waals surface area contributed by atoms with E-state index in [4.69, 9.17) is 9.47 Å². The predicted octanol–water partition coefficient (Wildman–Crippen LogP) is 3.53. The second kappa shape index (κ2) is 6.88. The van der Waals surface area contributed by atoms with Crippen LogP contribution in [0.4, 0.5) is 4.39 Å². The third-order valence-electron chi connectivity index (χ3n) is 3.39. The van der Waals surface area contributed by atoms with Crippen molar-refractivity contribution in [2.45, 2.75) is 12.3 Å². The molecule has 0 amide bonds. The summed E-state index contributed by atoms with van der Waals surface area (Å²) < 4.78 is 23.0. The molecule has 1 atom stereocenters. The number of carbonyl (C=O) groups is 1. The van der Waals surface area contributed by atoms with Crippen molar-refractivity contribution in [1.29, 1.82) is 0 Å². The van der Waals surface area contributed by atoms with Gasteiger partial charge in [0.15, 0.2) is 0 Å². The number of methoxy groups -OCH3 is 2. The molecule has 110 valence electrons. The predicted molar refractivity (Wildman–Crippen MR) is 77.9 cm³/mol. The molecular formula is C17H17FO3. The molecule has 0 aliphatic carbocycles. The van der Waals surface area contributed by atoms with E-state index in [-0.39, 0.29) is 24.1 Å². The number of hydrogen-bond donors (Lipinski definition) is 0. The van der Waals surface area contributed by atoms with Crippen molar-refractivity contribution in [2.75, 3.05) is 14.2 Å². The molecule has 3 nitrogen and oxygen atoms in total. The quantitative estimate of drug-likeness (QED) is 0.790. The van der Waals surface area contributed by atoms with E-state index >= 15 is 0 Å². The maximum atomic E-state index is 13.1. The van der Waals surface area contributed by atoms with E-state index in [1.54, 1.807) is 19.2 Å². The molecule has 4 heteroatoms. The van der Waals surface area contributed by atoms with E-state index in [9.17, 15) is 9.18 Å². The number of benzene rings is 2. The highest BCUT2D eigenvalue weighted by Crippen LogP contribution is 2.29. The third kappa shape index (κ3) is 3.81. The van der Waals surface area contributed by atoms with E-state index in [2.05, 4.69) is 0 Å². The lowest BCUT2D eigenvalue weighted by Crippen LogP contribution is -2.10. The standard InChI is InChI=1S/C17H17FO3/c1-20-15-9-5-13(6-10-15)16(11-17(19)21-2)12-3-7-14(18)8-4-12/h3-10,16H,11H2,1-2H3. The molecule has 0 saturated carbocycles. The minimum atomic E-state index is -0.305. The third-order valence-corrected chi connectivity index (χ3v) is 3.39. The molecule has 0 aromatic heterocycles. The van der Waals surface area contributed by atoms with Crippen LogP contribution in [0.15, 0.2) is 48.5 Å². The van der Waals surface area contributed by atoms with Crippen molar-refractivity contribution < 1.29 is 18.7 Å². The summed E-state index contributed by atoms with van der Waals surface area (Å²) in [4.78, 5) is 11.6. The molecule has 1 unspecified atom stereocenters. The second-order valence-electron chi connectivity index (χ2n) is 4.66. The van der Waals surface area contributed by atoms with Crippen LogP contribution in [0.25, 0.3) is 0 Å². The molecule has 0 aliphatic rings. The number of hydrogen-bond acceptors (Lipinski definition) is 3. The van der Waals surface area contributed by atoms with Gasteiger partial charge in [-0.25, -0.2) is 4.39 Å². The van der Waals surface area contributed by atoms with Gasteiger partial charge >= 0.3 is 5.97 Å². The molecule has 0 spiro atoms. The first-order chi connectivity index (χ1) is 10.1. The molecule has 2 rings (SSSR count). The van der Waals surface area contributed by atoms with Crippen LogP contribution in [-0.2, 0) is 9.53 Å². The number of rotatable bonds is 5. The van der Waals surface area contributed by atoms with Crippen LogP contribution >= 0.6 is 0 Å². The summed E-state index contributed by atoms with van der Waals surface area (Å²) in [6, 6.07) is 13.6. The lowest BCUT2D eigenvalue weighted by molar-refractivity contribution is -0.140. The van der Waals surface area contributed by atoms with Crippen LogP contribution in [0.5, 0.6) is 5.75 Å². The van der Waals surface area contributed by atoms with E-state index in [0.29, 0.717) is 0 Å². The van der Waals surface area contributed by atoms with Gasteiger partial charge in [-0.2, -0.15) is 0 Å². The Balaban J connectivity index is 2.34. The molecule has 21 heavy (non-hydrogen) atoms. The molecule has 0 saturated heterocycles. The Labute approximate surface area is 123 Å². The molecule has 0 radical (unpaired) electrons. The Morgan fingerprint density at radius 3 is 2.00 bits per heavy atom. The molecule has 2 aromatic rings. The Hall–Kier alpha value is -2.36. The number of halogens is 1. The van der Waals surface area contributed by atoms with Gasteiger partial charge in [-0.1, -0.05) is 24.3 Å². The second-order valence-corrected chi connectivity index (χ2v) is 4.66.